The van der Waals surface area contributed by atoms with Crippen LogP contribution in [0.4, 0.5) is 34.1 Å². The standard InChI is InChI=1S/C54H36N2/c1-2-19-40(20-3-1)55(52-34-37-16-4-7-21-43(37)46-24-10-13-27-49(46)52)41-30-32-42(33-31-41)56(53-35-38-17-5-8-22-44(38)47-25-11-14-28-50(47)53)54-36-39-18-6-9-23-45(39)48-26-12-15-29-51(48)54/h1-36H/p+1. The molecule has 2 heteroatoms. The SMILES string of the molecule is c1ccc(N(c2ccc([NH+](c3cc4ccccc4c4ccccc34)c3cc4ccccc4c4ccccc34)cc2)c2cc3ccccc3c3ccccc23)cc1. The van der Waals surface area contributed by atoms with Crippen LogP contribution in [0.2, 0.25) is 0 Å². The van der Waals surface area contributed by atoms with Crippen molar-refractivity contribution in [2.45, 2.75) is 0 Å². The Hall–Kier alpha value is -7.26. The van der Waals surface area contributed by atoms with Crippen LogP contribution in [0.15, 0.2) is 218 Å². The van der Waals surface area contributed by atoms with Gasteiger partial charge in [-0.3, -0.25) is 0 Å². The largest absolute Gasteiger partial charge is 0.310 e. The number of hydrogen-bond acceptors (Lipinski definition) is 1. The van der Waals surface area contributed by atoms with Gasteiger partial charge < -0.3 is 4.90 Å². The Balaban J connectivity index is 1.17. The lowest BCUT2D eigenvalue weighted by Crippen LogP contribution is -2.96. The van der Waals surface area contributed by atoms with E-state index in [0.29, 0.717) is 0 Å². The van der Waals surface area contributed by atoms with E-state index in [9.17, 15) is 0 Å². The van der Waals surface area contributed by atoms with E-state index >= 15 is 0 Å². The van der Waals surface area contributed by atoms with Gasteiger partial charge in [-0.2, -0.15) is 0 Å². The van der Waals surface area contributed by atoms with Crippen molar-refractivity contribution < 1.29 is 4.90 Å². The van der Waals surface area contributed by atoms with Crippen LogP contribution in [-0.2, 0) is 0 Å². The van der Waals surface area contributed by atoms with E-state index in [0.717, 1.165) is 17.1 Å². The van der Waals surface area contributed by atoms with Gasteiger partial charge in [0.2, 0.25) is 0 Å². The van der Waals surface area contributed by atoms with Crippen molar-refractivity contribution in [3.63, 3.8) is 0 Å². The fourth-order valence-corrected chi connectivity index (χ4v) is 8.98. The van der Waals surface area contributed by atoms with E-state index in [4.69, 9.17) is 0 Å². The Morgan fingerprint density at radius 3 is 1.12 bits per heavy atom. The highest BCUT2D eigenvalue weighted by Gasteiger charge is 2.27. The van der Waals surface area contributed by atoms with Crippen molar-refractivity contribution in [3.8, 4) is 0 Å². The summed E-state index contributed by atoms with van der Waals surface area (Å²) >= 11 is 0. The molecule has 0 radical (unpaired) electrons. The molecule has 0 aromatic heterocycles. The summed E-state index contributed by atoms with van der Waals surface area (Å²) in [5.74, 6) is 0. The topological polar surface area (TPSA) is 7.68 Å². The number of rotatable bonds is 6. The third-order valence-corrected chi connectivity index (χ3v) is 11.5. The zero-order valence-electron chi connectivity index (χ0n) is 30.7. The minimum absolute atomic E-state index is 1.10. The molecule has 11 rings (SSSR count). The second-order valence-corrected chi connectivity index (χ2v) is 14.6. The van der Waals surface area contributed by atoms with Gasteiger partial charge in [0.15, 0.2) is 0 Å². The first-order valence-electron chi connectivity index (χ1n) is 19.3. The van der Waals surface area contributed by atoms with Crippen LogP contribution in [0, 0.1) is 0 Å². The fraction of sp³-hybridized carbons (Fsp3) is 0. The molecule has 262 valence electrons. The molecule has 0 fully saturated rings. The van der Waals surface area contributed by atoms with E-state index in [1.54, 1.807) is 0 Å². The second kappa shape index (κ2) is 13.2. The predicted octanol–water partition coefficient (Wildman–Crippen LogP) is 14.3. The van der Waals surface area contributed by atoms with E-state index in [-0.39, 0.29) is 0 Å². The van der Waals surface area contributed by atoms with Crippen molar-refractivity contribution in [2.75, 3.05) is 4.90 Å². The molecule has 0 aliphatic heterocycles. The molecule has 11 aromatic rings. The quantitative estimate of drug-likeness (QED) is 0.169. The first kappa shape index (κ1) is 32.2. The lowest BCUT2D eigenvalue weighted by atomic mass is 9.96. The first-order chi connectivity index (χ1) is 27.8. The zero-order chi connectivity index (χ0) is 37.0. The number of benzene rings is 11. The van der Waals surface area contributed by atoms with Gasteiger partial charge in [-0.25, -0.2) is 4.90 Å². The summed E-state index contributed by atoms with van der Waals surface area (Å²) in [6.45, 7) is 0. The van der Waals surface area contributed by atoms with Crippen LogP contribution in [-0.4, -0.2) is 0 Å². The van der Waals surface area contributed by atoms with Crippen molar-refractivity contribution in [1.29, 1.82) is 0 Å². The van der Waals surface area contributed by atoms with Crippen molar-refractivity contribution in [2.24, 2.45) is 0 Å². The molecule has 56 heavy (non-hydrogen) atoms. The molecule has 0 atom stereocenters. The van der Waals surface area contributed by atoms with Crippen LogP contribution in [0.5, 0.6) is 0 Å². The molecule has 0 unspecified atom stereocenters. The summed E-state index contributed by atoms with van der Waals surface area (Å²) in [4.78, 5) is 3.64. The normalized spacial score (nSPS) is 11.7. The maximum Gasteiger partial charge on any atom is 0.149 e. The maximum atomic E-state index is 2.41. The highest BCUT2D eigenvalue weighted by molar-refractivity contribution is 6.16. The summed E-state index contributed by atoms with van der Waals surface area (Å²) in [6.07, 6.45) is 0. The summed E-state index contributed by atoms with van der Waals surface area (Å²) < 4.78 is 0. The van der Waals surface area contributed by atoms with Gasteiger partial charge in [-0.05, 0) is 90.9 Å². The van der Waals surface area contributed by atoms with E-state index in [2.05, 4.69) is 223 Å². The third kappa shape index (κ3) is 5.23. The van der Waals surface area contributed by atoms with Gasteiger partial charge in [0.25, 0.3) is 0 Å². The van der Waals surface area contributed by atoms with Crippen molar-refractivity contribution in [3.05, 3.63) is 218 Å². The van der Waals surface area contributed by atoms with E-state index < -0.39 is 0 Å². The molecule has 0 aliphatic rings. The van der Waals surface area contributed by atoms with Crippen LogP contribution in [0.3, 0.4) is 0 Å². The minimum Gasteiger partial charge on any atom is -0.310 e. The van der Waals surface area contributed by atoms with E-state index in [1.165, 1.54) is 86.6 Å². The Bertz CT molecular complexity index is 3140. The number of hydrogen-bond donors (Lipinski definition) is 1. The number of anilines is 3. The molecular weight excluding hydrogens is 677 g/mol. The molecule has 0 saturated heterocycles. The molecule has 1 N–H and O–H groups in total. The van der Waals surface area contributed by atoms with Gasteiger partial charge in [0.05, 0.1) is 5.69 Å². The summed E-state index contributed by atoms with van der Waals surface area (Å²) in [7, 11) is 0. The second-order valence-electron chi connectivity index (χ2n) is 14.6. The maximum absolute atomic E-state index is 2.41. The predicted molar refractivity (Wildman–Crippen MR) is 239 cm³/mol. The van der Waals surface area contributed by atoms with Crippen LogP contribution in [0.1, 0.15) is 0 Å². The fourth-order valence-electron chi connectivity index (χ4n) is 8.98. The lowest BCUT2D eigenvalue weighted by Gasteiger charge is -2.28. The molecule has 2 nitrogen and oxygen atoms in total. The van der Waals surface area contributed by atoms with Gasteiger partial charge in [0.1, 0.15) is 17.1 Å². The zero-order valence-corrected chi connectivity index (χ0v) is 30.7. The summed E-state index contributed by atoms with van der Waals surface area (Å²) in [5.41, 5.74) is 7.01. The third-order valence-electron chi connectivity index (χ3n) is 11.5. The van der Waals surface area contributed by atoms with Crippen molar-refractivity contribution in [1.82, 2.24) is 0 Å². The van der Waals surface area contributed by atoms with Crippen LogP contribution >= 0.6 is 0 Å². The molecule has 11 aromatic carbocycles. The Kier molecular flexibility index (Phi) is 7.61. The highest BCUT2D eigenvalue weighted by Crippen LogP contribution is 2.43. The monoisotopic (exact) mass is 713 g/mol. The average Bonchev–Trinajstić information content (AvgIpc) is 3.27. The number of fused-ring (bicyclic) bond motifs is 9. The highest BCUT2D eigenvalue weighted by atomic mass is 15.2. The number of nitrogens with one attached hydrogen (secondary N) is 1. The molecule has 0 amide bonds. The minimum atomic E-state index is 1.10. The average molecular weight is 714 g/mol. The lowest BCUT2D eigenvalue weighted by molar-refractivity contribution is -0.678. The van der Waals surface area contributed by atoms with Gasteiger partial charge in [0, 0.05) is 51.8 Å². The smallest absolute Gasteiger partial charge is 0.149 e. The van der Waals surface area contributed by atoms with Gasteiger partial charge >= 0.3 is 0 Å². The number of quaternary nitrogens is 1. The molecule has 0 aliphatic carbocycles. The van der Waals surface area contributed by atoms with Crippen LogP contribution < -0.4 is 9.80 Å². The molecule has 0 spiro atoms. The van der Waals surface area contributed by atoms with Gasteiger partial charge in [-0.15, -0.1) is 0 Å². The Morgan fingerprint density at radius 1 is 0.268 bits per heavy atom. The summed E-state index contributed by atoms with van der Waals surface area (Å²) in [6, 6.07) is 80.0. The van der Waals surface area contributed by atoms with Crippen molar-refractivity contribution >= 4 is 98.8 Å². The summed E-state index contributed by atoms with van der Waals surface area (Å²) in [5, 5.41) is 15.0. The molecule has 0 heterocycles. The van der Waals surface area contributed by atoms with Gasteiger partial charge in [-0.1, -0.05) is 152 Å². The Morgan fingerprint density at radius 2 is 0.625 bits per heavy atom. The first-order valence-corrected chi connectivity index (χ1v) is 19.3. The molecule has 0 bridgehead atoms. The van der Waals surface area contributed by atoms with E-state index in [1.807, 2.05) is 0 Å². The number of nitrogens with zero attached hydrogens (tertiary/aromatic N) is 1. The van der Waals surface area contributed by atoms with Crippen LogP contribution in [0.25, 0.3) is 64.6 Å². The molecule has 0 saturated carbocycles. The number of para-hydroxylation sites is 1. The molecular formula is C54H37N2+. The Labute approximate surface area is 325 Å².